The van der Waals surface area contributed by atoms with Crippen LogP contribution in [0.25, 0.3) is 0 Å². The lowest BCUT2D eigenvalue weighted by molar-refractivity contribution is -0.151. The van der Waals surface area contributed by atoms with Crippen molar-refractivity contribution in [3.63, 3.8) is 0 Å². The minimum atomic E-state index is -0.154. The average molecular weight is 449 g/mol. The quantitative estimate of drug-likeness (QED) is 0.375. The van der Waals surface area contributed by atoms with Gasteiger partial charge in [-0.15, -0.1) is 0 Å². The van der Waals surface area contributed by atoms with Crippen molar-refractivity contribution in [1.29, 1.82) is 0 Å². The van der Waals surface area contributed by atoms with Crippen LogP contribution >= 0.6 is 23.4 Å². The zero-order valence-corrected chi connectivity index (χ0v) is 18.4. The summed E-state index contributed by atoms with van der Waals surface area (Å²) in [6, 6.07) is 9.44. The van der Waals surface area contributed by atoms with E-state index in [2.05, 4.69) is 15.3 Å². The lowest BCUT2D eigenvalue weighted by Crippen LogP contribution is -2.41. The van der Waals surface area contributed by atoms with Crippen LogP contribution in [-0.4, -0.2) is 52.2 Å². The standard InChI is InChI=1S/C21H25ClN4O3S/c1-2-29-21(28)16-7-9-26(10-8-16)20(27)13-30-19-11-18(24-14-25-19)23-12-15-3-5-17(22)6-4-15/h3-6,11,14,16H,2,7-10,12-13H2,1H3,(H,23,24,25). The zero-order valence-electron chi connectivity index (χ0n) is 16.8. The maximum absolute atomic E-state index is 12.5. The molecule has 1 N–H and O–H groups in total. The number of nitrogens with one attached hydrogen (secondary N) is 1. The number of rotatable bonds is 8. The van der Waals surface area contributed by atoms with Gasteiger partial charge >= 0.3 is 5.97 Å². The van der Waals surface area contributed by atoms with Crippen LogP contribution in [0.15, 0.2) is 41.7 Å². The summed E-state index contributed by atoms with van der Waals surface area (Å²) in [6.07, 6.45) is 2.80. The predicted molar refractivity (Wildman–Crippen MR) is 117 cm³/mol. The molecule has 2 heterocycles. The molecule has 0 spiro atoms. The first-order chi connectivity index (χ1) is 14.5. The largest absolute Gasteiger partial charge is 0.466 e. The number of carbonyl (C=O) groups is 2. The molecule has 1 fully saturated rings. The van der Waals surface area contributed by atoms with Crippen LogP contribution in [0.2, 0.25) is 5.02 Å². The highest BCUT2D eigenvalue weighted by Gasteiger charge is 2.28. The fraction of sp³-hybridized carbons (Fsp3) is 0.429. The fourth-order valence-corrected chi connectivity index (χ4v) is 4.06. The molecule has 0 radical (unpaired) electrons. The van der Waals surface area contributed by atoms with Crippen molar-refractivity contribution in [1.82, 2.24) is 14.9 Å². The van der Waals surface area contributed by atoms with Gasteiger partial charge in [-0.25, -0.2) is 9.97 Å². The Morgan fingerprint density at radius 1 is 1.23 bits per heavy atom. The molecule has 0 aliphatic carbocycles. The maximum Gasteiger partial charge on any atom is 0.309 e. The smallest absolute Gasteiger partial charge is 0.309 e. The number of esters is 1. The van der Waals surface area contributed by atoms with Crippen LogP contribution in [0.1, 0.15) is 25.3 Å². The van der Waals surface area contributed by atoms with Gasteiger partial charge in [0.25, 0.3) is 0 Å². The van der Waals surface area contributed by atoms with E-state index in [9.17, 15) is 9.59 Å². The number of likely N-dealkylation sites (tertiary alicyclic amines) is 1. The summed E-state index contributed by atoms with van der Waals surface area (Å²) in [6.45, 7) is 3.98. The fourth-order valence-electron chi connectivity index (χ4n) is 3.16. The average Bonchev–Trinajstić information content (AvgIpc) is 2.77. The monoisotopic (exact) mass is 448 g/mol. The zero-order chi connectivity index (χ0) is 21.3. The topological polar surface area (TPSA) is 84.4 Å². The third kappa shape index (κ3) is 6.60. The van der Waals surface area contributed by atoms with Crippen LogP contribution in [0, 0.1) is 5.92 Å². The number of aromatic nitrogens is 2. The summed E-state index contributed by atoms with van der Waals surface area (Å²) in [4.78, 5) is 34.6. The molecule has 1 aromatic carbocycles. The number of nitrogens with zero attached hydrogens (tertiary/aromatic N) is 3. The van der Waals surface area contributed by atoms with Gasteiger partial charge in [-0.1, -0.05) is 35.5 Å². The number of thioether (sulfide) groups is 1. The summed E-state index contributed by atoms with van der Waals surface area (Å²) in [7, 11) is 0. The molecule has 1 aromatic heterocycles. The Hall–Kier alpha value is -2.32. The van der Waals surface area contributed by atoms with Gasteiger partial charge in [0.05, 0.1) is 18.3 Å². The van der Waals surface area contributed by atoms with E-state index in [1.165, 1.54) is 18.1 Å². The molecular weight excluding hydrogens is 424 g/mol. The van der Waals surface area contributed by atoms with Gasteiger partial charge < -0.3 is 15.0 Å². The van der Waals surface area contributed by atoms with Gasteiger partial charge in [0.1, 0.15) is 17.2 Å². The molecule has 1 amide bonds. The minimum absolute atomic E-state index is 0.0524. The van der Waals surface area contributed by atoms with Crippen LogP contribution in [0.5, 0.6) is 0 Å². The second-order valence-electron chi connectivity index (χ2n) is 6.92. The molecule has 1 aliphatic rings. The molecule has 0 saturated carbocycles. The number of ether oxygens (including phenoxy) is 1. The molecule has 0 atom stereocenters. The maximum atomic E-state index is 12.5. The molecule has 3 rings (SSSR count). The first kappa shape index (κ1) is 22.4. The second-order valence-corrected chi connectivity index (χ2v) is 8.35. The van der Waals surface area contributed by atoms with Crippen LogP contribution in [0.3, 0.4) is 0 Å². The Kier molecular flexibility index (Phi) is 8.33. The van der Waals surface area contributed by atoms with Crippen molar-refractivity contribution < 1.29 is 14.3 Å². The molecule has 1 aliphatic heterocycles. The van der Waals surface area contributed by atoms with E-state index in [-0.39, 0.29) is 17.8 Å². The highest BCUT2D eigenvalue weighted by Crippen LogP contribution is 2.22. The molecule has 7 nitrogen and oxygen atoms in total. The third-order valence-corrected chi connectivity index (χ3v) is 6.00. The summed E-state index contributed by atoms with van der Waals surface area (Å²) in [5.41, 5.74) is 1.09. The van der Waals surface area contributed by atoms with Crippen LogP contribution in [0.4, 0.5) is 5.82 Å². The molecule has 0 unspecified atom stereocenters. The number of anilines is 1. The third-order valence-electron chi connectivity index (χ3n) is 4.84. The normalized spacial score (nSPS) is 14.4. The first-order valence-corrected chi connectivity index (χ1v) is 11.3. The van der Waals surface area contributed by atoms with E-state index in [0.29, 0.717) is 55.7 Å². The first-order valence-electron chi connectivity index (χ1n) is 9.92. The minimum Gasteiger partial charge on any atom is -0.466 e. The van der Waals surface area contributed by atoms with E-state index in [1.807, 2.05) is 35.2 Å². The number of piperidine rings is 1. The molecule has 9 heteroatoms. The van der Waals surface area contributed by atoms with Crippen molar-refractivity contribution in [3.05, 3.63) is 47.2 Å². The number of hydrogen-bond donors (Lipinski definition) is 1. The highest BCUT2D eigenvalue weighted by atomic mass is 35.5. The van der Waals surface area contributed by atoms with Gasteiger partial charge in [-0.2, -0.15) is 0 Å². The highest BCUT2D eigenvalue weighted by molar-refractivity contribution is 7.99. The number of amides is 1. The van der Waals surface area contributed by atoms with Crippen LogP contribution in [-0.2, 0) is 20.9 Å². The molecule has 160 valence electrons. The number of halogens is 1. The lowest BCUT2D eigenvalue weighted by atomic mass is 9.97. The van der Waals surface area contributed by atoms with Gasteiger partial charge in [0.2, 0.25) is 5.91 Å². The van der Waals surface area contributed by atoms with E-state index in [0.717, 1.165) is 10.6 Å². The van der Waals surface area contributed by atoms with E-state index >= 15 is 0 Å². The summed E-state index contributed by atoms with van der Waals surface area (Å²) in [5, 5.41) is 4.69. The second kappa shape index (κ2) is 11.2. The number of benzene rings is 1. The molecule has 2 aromatic rings. The van der Waals surface area contributed by atoms with Crippen molar-refractivity contribution in [2.24, 2.45) is 5.92 Å². The van der Waals surface area contributed by atoms with Gasteiger partial charge in [0.15, 0.2) is 0 Å². The van der Waals surface area contributed by atoms with E-state index < -0.39 is 0 Å². The number of hydrogen-bond acceptors (Lipinski definition) is 7. The Morgan fingerprint density at radius 2 is 1.97 bits per heavy atom. The Morgan fingerprint density at radius 3 is 2.67 bits per heavy atom. The van der Waals surface area contributed by atoms with Crippen molar-refractivity contribution in [2.75, 3.05) is 30.8 Å². The lowest BCUT2D eigenvalue weighted by Gasteiger charge is -2.30. The van der Waals surface area contributed by atoms with Crippen molar-refractivity contribution in [2.45, 2.75) is 31.3 Å². The summed E-state index contributed by atoms with van der Waals surface area (Å²) < 4.78 is 5.07. The van der Waals surface area contributed by atoms with E-state index in [1.54, 1.807) is 6.92 Å². The Labute approximate surface area is 185 Å². The van der Waals surface area contributed by atoms with Crippen molar-refractivity contribution in [3.8, 4) is 0 Å². The number of carbonyl (C=O) groups excluding carboxylic acids is 2. The summed E-state index contributed by atoms with van der Waals surface area (Å²) >= 11 is 7.29. The molecule has 1 saturated heterocycles. The van der Waals surface area contributed by atoms with Crippen molar-refractivity contribution >= 4 is 41.1 Å². The predicted octanol–water partition coefficient (Wildman–Crippen LogP) is 3.64. The molecule has 30 heavy (non-hydrogen) atoms. The molecular formula is C21H25ClN4O3S. The summed E-state index contributed by atoms with van der Waals surface area (Å²) in [5.74, 6) is 0.802. The SMILES string of the molecule is CCOC(=O)C1CCN(C(=O)CSc2cc(NCc3ccc(Cl)cc3)ncn2)CC1. The van der Waals surface area contributed by atoms with E-state index in [4.69, 9.17) is 16.3 Å². The van der Waals surface area contributed by atoms with Gasteiger partial charge in [-0.3, -0.25) is 9.59 Å². The molecule has 0 bridgehead atoms. The van der Waals surface area contributed by atoms with Gasteiger partial charge in [-0.05, 0) is 37.5 Å². The Bertz CT molecular complexity index is 858. The van der Waals surface area contributed by atoms with Crippen LogP contribution < -0.4 is 5.32 Å². The Balaban J connectivity index is 1.44. The van der Waals surface area contributed by atoms with Gasteiger partial charge in [0, 0.05) is 30.7 Å².